The summed E-state index contributed by atoms with van der Waals surface area (Å²) in [5, 5.41) is -0.658. The van der Waals surface area contributed by atoms with E-state index in [9.17, 15) is 17.6 Å². The van der Waals surface area contributed by atoms with Crippen molar-refractivity contribution in [3.8, 4) is 0 Å². The Morgan fingerprint density at radius 3 is 2.41 bits per heavy atom. The van der Waals surface area contributed by atoms with Crippen LogP contribution < -0.4 is 4.72 Å². The molecule has 29 heavy (non-hydrogen) atoms. The van der Waals surface area contributed by atoms with Gasteiger partial charge in [-0.3, -0.25) is 0 Å². The van der Waals surface area contributed by atoms with Gasteiger partial charge in [-0.05, 0) is 36.1 Å². The molecule has 1 heterocycles. The first-order chi connectivity index (χ1) is 13.9. The van der Waals surface area contributed by atoms with Gasteiger partial charge in [0.25, 0.3) is 0 Å². The van der Waals surface area contributed by atoms with Crippen LogP contribution in [0.25, 0.3) is 0 Å². The van der Waals surface area contributed by atoms with Crippen LogP contribution in [0.1, 0.15) is 24.5 Å². The Labute approximate surface area is 170 Å². The van der Waals surface area contributed by atoms with Crippen molar-refractivity contribution in [1.29, 1.82) is 0 Å². The summed E-state index contributed by atoms with van der Waals surface area (Å²) >= 11 is 0. The second-order valence-corrected chi connectivity index (χ2v) is 9.16. The van der Waals surface area contributed by atoms with Crippen molar-refractivity contribution in [2.75, 3.05) is 13.1 Å². The SMILES string of the molecule is CCC(Cc1ccc(F)cc1)NS(=O)(=O)C1CN(C(=O)OCc2ccccc2)C1. The fourth-order valence-corrected chi connectivity index (χ4v) is 4.76. The quantitative estimate of drug-likeness (QED) is 0.712. The summed E-state index contributed by atoms with van der Waals surface area (Å²) in [5.74, 6) is -0.323. The van der Waals surface area contributed by atoms with Gasteiger partial charge in [0.05, 0.1) is 0 Å². The summed E-state index contributed by atoms with van der Waals surface area (Å²) in [5.41, 5.74) is 1.74. The van der Waals surface area contributed by atoms with Gasteiger partial charge in [-0.15, -0.1) is 0 Å². The van der Waals surface area contributed by atoms with Gasteiger partial charge in [-0.1, -0.05) is 49.4 Å². The summed E-state index contributed by atoms with van der Waals surface area (Å²) in [6.07, 6.45) is 0.566. The van der Waals surface area contributed by atoms with E-state index in [1.54, 1.807) is 12.1 Å². The standard InChI is InChI=1S/C21H25FN2O4S/c1-2-19(12-16-8-10-18(22)11-9-16)23-29(26,27)20-13-24(14-20)21(25)28-15-17-6-4-3-5-7-17/h3-11,19-20,23H,2,12-15H2,1H3. The average Bonchev–Trinajstić information content (AvgIpc) is 2.66. The molecule has 2 aromatic rings. The molecule has 0 spiro atoms. The third-order valence-corrected chi connectivity index (χ3v) is 6.81. The lowest BCUT2D eigenvalue weighted by molar-refractivity contribution is 0.0766. The van der Waals surface area contributed by atoms with Gasteiger partial charge in [0.2, 0.25) is 10.0 Å². The first-order valence-electron chi connectivity index (χ1n) is 9.58. The second kappa shape index (κ2) is 9.37. The molecular weight excluding hydrogens is 395 g/mol. The highest BCUT2D eigenvalue weighted by molar-refractivity contribution is 7.90. The number of halogens is 1. The Kier molecular flexibility index (Phi) is 6.87. The second-order valence-electron chi connectivity index (χ2n) is 7.17. The van der Waals surface area contributed by atoms with Crippen molar-refractivity contribution < 1.29 is 22.3 Å². The van der Waals surface area contributed by atoms with Crippen molar-refractivity contribution in [2.24, 2.45) is 0 Å². The summed E-state index contributed by atoms with van der Waals surface area (Å²) in [6.45, 7) is 2.26. The Balaban J connectivity index is 1.47. The fourth-order valence-electron chi connectivity index (χ4n) is 3.10. The number of nitrogens with zero attached hydrogens (tertiary/aromatic N) is 1. The molecule has 1 unspecified atom stereocenters. The summed E-state index contributed by atoms with van der Waals surface area (Å²) < 4.78 is 46.2. The molecule has 1 amide bonds. The summed E-state index contributed by atoms with van der Waals surface area (Å²) in [7, 11) is -3.57. The van der Waals surface area contributed by atoms with Crippen LogP contribution in [-0.2, 0) is 27.8 Å². The molecule has 2 aromatic carbocycles. The minimum Gasteiger partial charge on any atom is -0.445 e. The molecule has 3 rings (SSSR count). The molecule has 0 aliphatic carbocycles. The lowest BCUT2D eigenvalue weighted by Gasteiger charge is -2.38. The van der Waals surface area contributed by atoms with E-state index in [1.807, 2.05) is 37.3 Å². The number of rotatable bonds is 8. The normalized spacial score (nSPS) is 15.6. The lowest BCUT2D eigenvalue weighted by atomic mass is 10.1. The first-order valence-corrected chi connectivity index (χ1v) is 11.1. The van der Waals surface area contributed by atoms with E-state index < -0.39 is 21.4 Å². The van der Waals surface area contributed by atoms with Crippen LogP contribution in [0.15, 0.2) is 54.6 Å². The van der Waals surface area contributed by atoms with E-state index in [2.05, 4.69) is 4.72 Å². The van der Waals surface area contributed by atoms with Crippen molar-refractivity contribution in [3.63, 3.8) is 0 Å². The van der Waals surface area contributed by atoms with Crippen molar-refractivity contribution in [3.05, 3.63) is 71.5 Å². The predicted molar refractivity (Wildman–Crippen MR) is 108 cm³/mol. The van der Waals surface area contributed by atoms with Gasteiger partial charge >= 0.3 is 6.09 Å². The van der Waals surface area contributed by atoms with Crippen molar-refractivity contribution in [2.45, 2.75) is 37.7 Å². The van der Waals surface area contributed by atoms with E-state index in [0.717, 1.165) is 11.1 Å². The van der Waals surface area contributed by atoms with Gasteiger partial charge in [0.15, 0.2) is 0 Å². The van der Waals surface area contributed by atoms with Crippen LogP contribution in [-0.4, -0.2) is 43.8 Å². The fraction of sp³-hybridized carbons (Fsp3) is 0.381. The molecule has 156 valence electrons. The third kappa shape index (κ3) is 5.77. The molecule has 8 heteroatoms. The molecule has 1 fully saturated rings. The Bertz CT molecular complexity index is 913. The van der Waals surface area contributed by atoms with E-state index >= 15 is 0 Å². The molecule has 0 bridgehead atoms. The number of amides is 1. The number of hydrogen-bond donors (Lipinski definition) is 1. The van der Waals surface area contributed by atoms with Crippen LogP contribution in [0.5, 0.6) is 0 Å². The maximum atomic E-state index is 13.0. The molecule has 6 nitrogen and oxygen atoms in total. The van der Waals surface area contributed by atoms with Crippen LogP contribution in [0.4, 0.5) is 9.18 Å². The van der Waals surface area contributed by atoms with Crippen LogP contribution in [0.2, 0.25) is 0 Å². The zero-order chi connectivity index (χ0) is 20.9. The number of nitrogens with one attached hydrogen (secondary N) is 1. The Morgan fingerprint density at radius 1 is 1.14 bits per heavy atom. The molecule has 0 saturated carbocycles. The number of hydrogen-bond acceptors (Lipinski definition) is 4. The highest BCUT2D eigenvalue weighted by Gasteiger charge is 2.41. The predicted octanol–water partition coefficient (Wildman–Crippen LogP) is 3.09. The van der Waals surface area contributed by atoms with E-state index in [0.29, 0.717) is 12.8 Å². The zero-order valence-corrected chi connectivity index (χ0v) is 17.1. The maximum absolute atomic E-state index is 13.0. The number of carbonyl (C=O) groups is 1. The minimum absolute atomic E-state index is 0.107. The molecule has 1 atom stereocenters. The number of carbonyl (C=O) groups excluding carboxylic acids is 1. The third-order valence-electron chi connectivity index (χ3n) is 4.97. The minimum atomic E-state index is -3.57. The molecule has 1 N–H and O–H groups in total. The summed E-state index contributed by atoms with van der Waals surface area (Å²) in [6, 6.07) is 15.0. The van der Waals surface area contributed by atoms with E-state index in [4.69, 9.17) is 4.74 Å². The molecule has 1 aliphatic rings. The lowest BCUT2D eigenvalue weighted by Crippen LogP contribution is -2.60. The largest absolute Gasteiger partial charge is 0.445 e. The van der Waals surface area contributed by atoms with Gasteiger partial charge < -0.3 is 9.64 Å². The average molecular weight is 421 g/mol. The van der Waals surface area contributed by atoms with Gasteiger partial charge in [0, 0.05) is 19.1 Å². The highest BCUT2D eigenvalue weighted by atomic mass is 32.2. The molecule has 0 radical (unpaired) electrons. The summed E-state index contributed by atoms with van der Waals surface area (Å²) in [4.78, 5) is 13.5. The molecule has 1 aliphatic heterocycles. The smallest absolute Gasteiger partial charge is 0.410 e. The van der Waals surface area contributed by atoms with E-state index in [-0.39, 0.29) is 31.6 Å². The molecule has 0 aromatic heterocycles. The monoisotopic (exact) mass is 420 g/mol. The first kappa shape index (κ1) is 21.3. The molecule has 1 saturated heterocycles. The maximum Gasteiger partial charge on any atom is 0.410 e. The zero-order valence-electron chi connectivity index (χ0n) is 16.3. The topological polar surface area (TPSA) is 75.7 Å². The Morgan fingerprint density at radius 2 is 1.79 bits per heavy atom. The highest BCUT2D eigenvalue weighted by Crippen LogP contribution is 2.19. The van der Waals surface area contributed by atoms with Gasteiger partial charge in [-0.25, -0.2) is 22.3 Å². The van der Waals surface area contributed by atoms with Crippen molar-refractivity contribution in [1.82, 2.24) is 9.62 Å². The van der Waals surface area contributed by atoms with Gasteiger partial charge in [-0.2, -0.15) is 0 Å². The van der Waals surface area contributed by atoms with E-state index in [1.165, 1.54) is 17.0 Å². The molecular formula is C21H25FN2O4S. The Hall–Kier alpha value is -2.45. The van der Waals surface area contributed by atoms with Crippen LogP contribution in [0.3, 0.4) is 0 Å². The van der Waals surface area contributed by atoms with Crippen molar-refractivity contribution >= 4 is 16.1 Å². The number of sulfonamides is 1. The number of benzene rings is 2. The van der Waals surface area contributed by atoms with Gasteiger partial charge in [0.1, 0.15) is 17.7 Å². The number of ether oxygens (including phenoxy) is 1. The van der Waals surface area contributed by atoms with Crippen LogP contribution in [0, 0.1) is 5.82 Å². The number of likely N-dealkylation sites (tertiary alicyclic amines) is 1. The van der Waals surface area contributed by atoms with Crippen LogP contribution >= 0.6 is 0 Å².